The number of rotatable bonds is 3. The van der Waals surface area contributed by atoms with Gasteiger partial charge in [0.1, 0.15) is 0 Å². The Kier molecular flexibility index (Phi) is 4.48. The molecule has 0 spiro atoms. The van der Waals surface area contributed by atoms with Crippen LogP contribution in [-0.2, 0) is 14.9 Å². The standard InChI is InChI=1S/C17H25NO2/c1-5-20-16(19)17(6-8-18-9-7-17)15-13(3)10-12(2)11-14(15)4/h10-11,18H,5-9H2,1-4H3. The minimum Gasteiger partial charge on any atom is -0.465 e. The fourth-order valence-corrected chi connectivity index (χ4v) is 3.61. The Hall–Kier alpha value is -1.35. The van der Waals surface area contributed by atoms with E-state index in [4.69, 9.17) is 4.74 Å². The number of nitrogens with one attached hydrogen (secondary N) is 1. The Bertz CT molecular complexity index is 479. The van der Waals surface area contributed by atoms with Crippen LogP contribution in [0, 0.1) is 20.8 Å². The third-order valence-corrected chi connectivity index (χ3v) is 4.28. The highest BCUT2D eigenvalue weighted by Gasteiger charge is 2.44. The van der Waals surface area contributed by atoms with Crippen LogP contribution in [0.15, 0.2) is 12.1 Å². The van der Waals surface area contributed by atoms with Crippen LogP contribution in [0.5, 0.6) is 0 Å². The van der Waals surface area contributed by atoms with Gasteiger partial charge in [-0.25, -0.2) is 0 Å². The van der Waals surface area contributed by atoms with Crippen molar-refractivity contribution in [3.63, 3.8) is 0 Å². The molecule has 0 saturated carbocycles. The van der Waals surface area contributed by atoms with E-state index in [2.05, 4.69) is 38.2 Å². The zero-order valence-electron chi connectivity index (χ0n) is 13.0. The first-order chi connectivity index (χ1) is 9.51. The van der Waals surface area contributed by atoms with Crippen molar-refractivity contribution in [1.29, 1.82) is 0 Å². The maximum absolute atomic E-state index is 12.7. The summed E-state index contributed by atoms with van der Waals surface area (Å²) in [6.45, 7) is 10.4. The van der Waals surface area contributed by atoms with Crippen LogP contribution in [0.25, 0.3) is 0 Å². The van der Waals surface area contributed by atoms with E-state index in [1.54, 1.807) is 0 Å². The summed E-state index contributed by atoms with van der Waals surface area (Å²) in [7, 11) is 0. The number of carbonyl (C=O) groups excluding carboxylic acids is 1. The van der Waals surface area contributed by atoms with E-state index in [-0.39, 0.29) is 5.97 Å². The minimum absolute atomic E-state index is 0.0587. The number of piperidine rings is 1. The lowest BCUT2D eigenvalue weighted by molar-refractivity contribution is -0.151. The Morgan fingerprint density at radius 1 is 1.20 bits per heavy atom. The van der Waals surface area contributed by atoms with Crippen LogP contribution in [0.1, 0.15) is 42.0 Å². The molecule has 3 nitrogen and oxygen atoms in total. The molecule has 0 atom stereocenters. The average molecular weight is 275 g/mol. The van der Waals surface area contributed by atoms with E-state index < -0.39 is 5.41 Å². The Morgan fingerprint density at radius 2 is 1.75 bits per heavy atom. The zero-order chi connectivity index (χ0) is 14.8. The molecular formula is C17H25NO2. The summed E-state index contributed by atoms with van der Waals surface area (Å²) in [4.78, 5) is 12.7. The molecule has 1 aromatic carbocycles. The number of aryl methyl sites for hydroxylation is 3. The van der Waals surface area contributed by atoms with E-state index >= 15 is 0 Å². The first kappa shape index (κ1) is 15.0. The quantitative estimate of drug-likeness (QED) is 0.862. The van der Waals surface area contributed by atoms with Gasteiger partial charge in [-0.15, -0.1) is 0 Å². The molecule has 0 unspecified atom stereocenters. The van der Waals surface area contributed by atoms with Crippen molar-refractivity contribution in [2.45, 2.75) is 46.0 Å². The predicted octanol–water partition coefficient (Wildman–Crippen LogP) is 2.80. The molecule has 1 N–H and O–H groups in total. The zero-order valence-corrected chi connectivity index (χ0v) is 13.0. The van der Waals surface area contributed by atoms with Crippen molar-refractivity contribution in [1.82, 2.24) is 5.32 Å². The van der Waals surface area contributed by atoms with E-state index in [0.29, 0.717) is 6.61 Å². The summed E-state index contributed by atoms with van der Waals surface area (Å²) in [5.74, 6) is -0.0587. The second-order valence-electron chi connectivity index (χ2n) is 5.83. The van der Waals surface area contributed by atoms with Gasteiger partial charge in [-0.05, 0) is 70.3 Å². The lowest BCUT2D eigenvalue weighted by atomic mass is 9.70. The van der Waals surface area contributed by atoms with Gasteiger partial charge < -0.3 is 10.1 Å². The van der Waals surface area contributed by atoms with Gasteiger partial charge in [0.05, 0.1) is 12.0 Å². The van der Waals surface area contributed by atoms with Crippen LogP contribution in [0.2, 0.25) is 0 Å². The van der Waals surface area contributed by atoms with Crippen LogP contribution in [0.4, 0.5) is 0 Å². The number of hydrogen-bond donors (Lipinski definition) is 1. The van der Waals surface area contributed by atoms with Crippen molar-refractivity contribution < 1.29 is 9.53 Å². The SMILES string of the molecule is CCOC(=O)C1(c2c(C)cc(C)cc2C)CCNCC1. The highest BCUT2D eigenvalue weighted by atomic mass is 16.5. The summed E-state index contributed by atoms with van der Waals surface area (Å²) in [6.07, 6.45) is 1.63. The molecule has 0 radical (unpaired) electrons. The van der Waals surface area contributed by atoms with Crippen molar-refractivity contribution in [2.75, 3.05) is 19.7 Å². The number of hydrogen-bond acceptors (Lipinski definition) is 3. The number of esters is 1. The van der Waals surface area contributed by atoms with Gasteiger partial charge in [0, 0.05) is 0 Å². The normalized spacial score (nSPS) is 17.8. The minimum atomic E-state index is -0.469. The van der Waals surface area contributed by atoms with Crippen molar-refractivity contribution >= 4 is 5.97 Å². The maximum atomic E-state index is 12.7. The molecule has 1 fully saturated rings. The van der Waals surface area contributed by atoms with Crippen LogP contribution in [0.3, 0.4) is 0 Å². The highest BCUT2D eigenvalue weighted by molar-refractivity contribution is 5.84. The van der Waals surface area contributed by atoms with Gasteiger partial charge in [-0.1, -0.05) is 17.7 Å². The largest absolute Gasteiger partial charge is 0.465 e. The summed E-state index contributed by atoms with van der Waals surface area (Å²) >= 11 is 0. The van der Waals surface area contributed by atoms with Gasteiger partial charge in [-0.3, -0.25) is 4.79 Å². The van der Waals surface area contributed by atoms with Crippen LogP contribution in [-0.4, -0.2) is 25.7 Å². The first-order valence-electron chi connectivity index (χ1n) is 7.47. The molecule has 1 aliphatic heterocycles. The summed E-state index contributed by atoms with van der Waals surface area (Å²) < 4.78 is 5.41. The summed E-state index contributed by atoms with van der Waals surface area (Å²) in [5.41, 5.74) is 4.37. The molecule has 1 saturated heterocycles. The Balaban J connectivity index is 2.54. The molecule has 1 aliphatic rings. The van der Waals surface area contributed by atoms with Gasteiger partial charge in [0.15, 0.2) is 0 Å². The fourth-order valence-electron chi connectivity index (χ4n) is 3.61. The van der Waals surface area contributed by atoms with E-state index in [1.807, 2.05) is 6.92 Å². The van der Waals surface area contributed by atoms with E-state index in [1.165, 1.54) is 22.3 Å². The molecule has 2 rings (SSSR count). The predicted molar refractivity (Wildman–Crippen MR) is 81.1 cm³/mol. The van der Waals surface area contributed by atoms with Crippen molar-refractivity contribution in [3.05, 3.63) is 34.4 Å². The monoisotopic (exact) mass is 275 g/mol. The molecular weight excluding hydrogens is 250 g/mol. The van der Waals surface area contributed by atoms with E-state index in [9.17, 15) is 4.79 Å². The molecule has 0 aliphatic carbocycles. The smallest absolute Gasteiger partial charge is 0.316 e. The third kappa shape index (κ3) is 2.59. The Labute approximate surface area is 121 Å². The van der Waals surface area contributed by atoms with Crippen LogP contribution >= 0.6 is 0 Å². The third-order valence-electron chi connectivity index (χ3n) is 4.28. The fraction of sp³-hybridized carbons (Fsp3) is 0.588. The maximum Gasteiger partial charge on any atom is 0.316 e. The van der Waals surface area contributed by atoms with E-state index in [0.717, 1.165) is 25.9 Å². The van der Waals surface area contributed by atoms with Gasteiger partial charge in [0.25, 0.3) is 0 Å². The molecule has 0 aromatic heterocycles. The van der Waals surface area contributed by atoms with Gasteiger partial charge in [0.2, 0.25) is 0 Å². The Morgan fingerprint density at radius 3 is 2.25 bits per heavy atom. The molecule has 110 valence electrons. The van der Waals surface area contributed by atoms with Crippen molar-refractivity contribution in [2.24, 2.45) is 0 Å². The second kappa shape index (κ2) is 5.96. The number of benzene rings is 1. The molecule has 20 heavy (non-hydrogen) atoms. The molecule has 1 aromatic rings. The summed E-state index contributed by atoms with van der Waals surface area (Å²) in [6, 6.07) is 4.34. The molecule has 0 amide bonds. The topological polar surface area (TPSA) is 38.3 Å². The molecule has 1 heterocycles. The average Bonchev–Trinajstić information content (AvgIpc) is 2.38. The van der Waals surface area contributed by atoms with Gasteiger partial charge in [-0.2, -0.15) is 0 Å². The molecule has 0 bridgehead atoms. The number of carbonyl (C=O) groups is 1. The number of ether oxygens (including phenoxy) is 1. The van der Waals surface area contributed by atoms with Gasteiger partial charge >= 0.3 is 5.97 Å². The lowest BCUT2D eigenvalue weighted by Crippen LogP contribution is -2.47. The van der Waals surface area contributed by atoms with Crippen molar-refractivity contribution in [3.8, 4) is 0 Å². The lowest BCUT2D eigenvalue weighted by Gasteiger charge is -2.38. The first-order valence-corrected chi connectivity index (χ1v) is 7.47. The molecule has 3 heteroatoms. The summed E-state index contributed by atoms with van der Waals surface area (Å²) in [5, 5.41) is 3.35. The van der Waals surface area contributed by atoms with Crippen LogP contribution < -0.4 is 5.32 Å². The highest BCUT2D eigenvalue weighted by Crippen LogP contribution is 2.39. The second-order valence-corrected chi connectivity index (χ2v) is 5.83.